The van der Waals surface area contributed by atoms with Gasteiger partial charge in [-0.25, -0.2) is 4.98 Å². The molecule has 18 heavy (non-hydrogen) atoms. The van der Waals surface area contributed by atoms with Crippen molar-refractivity contribution in [2.24, 2.45) is 0 Å². The Balaban J connectivity index is 2.06. The molecule has 0 aliphatic carbocycles. The number of thiazole rings is 1. The van der Waals surface area contributed by atoms with Crippen molar-refractivity contribution in [1.29, 1.82) is 0 Å². The number of nitrogens with zero attached hydrogens (tertiary/aromatic N) is 1. The van der Waals surface area contributed by atoms with Crippen molar-refractivity contribution in [3.63, 3.8) is 0 Å². The lowest BCUT2D eigenvalue weighted by Gasteiger charge is -2.05. The molecular weight excluding hydrogens is 332 g/mol. The highest BCUT2D eigenvalue weighted by Gasteiger charge is 2.07. The second kappa shape index (κ2) is 5.95. The maximum Gasteiger partial charge on any atom is 0.181 e. The van der Waals surface area contributed by atoms with Crippen LogP contribution in [-0.4, -0.2) is 12.1 Å². The van der Waals surface area contributed by atoms with E-state index in [-0.39, 0.29) is 0 Å². The van der Waals surface area contributed by atoms with Gasteiger partial charge in [-0.15, -0.1) is 11.8 Å². The summed E-state index contributed by atoms with van der Waals surface area (Å²) in [7, 11) is 1.66. The first-order valence-electron chi connectivity index (χ1n) is 5.28. The van der Waals surface area contributed by atoms with Crippen LogP contribution < -0.4 is 10.5 Å². The Labute approximate surface area is 123 Å². The number of aryl methyl sites for hydroxylation is 1. The molecule has 0 unspecified atom stereocenters. The van der Waals surface area contributed by atoms with Crippen molar-refractivity contribution in [2.75, 3.05) is 12.8 Å². The quantitative estimate of drug-likeness (QED) is 0.848. The minimum Gasteiger partial charge on any atom is -0.496 e. The average Bonchev–Trinajstić information content (AvgIpc) is 2.65. The third-order valence-corrected chi connectivity index (χ3v) is 5.40. The van der Waals surface area contributed by atoms with Gasteiger partial charge in [0.05, 0.1) is 21.5 Å². The molecule has 0 aliphatic rings. The summed E-state index contributed by atoms with van der Waals surface area (Å²) in [6.45, 7) is 1.99. The van der Waals surface area contributed by atoms with Crippen LogP contribution in [-0.2, 0) is 5.75 Å². The summed E-state index contributed by atoms with van der Waals surface area (Å²) in [4.78, 5) is 4.21. The monoisotopic (exact) mass is 344 g/mol. The predicted octanol–water partition coefficient (Wildman–Crippen LogP) is 4.10. The third kappa shape index (κ3) is 3.18. The fraction of sp³-hybridized carbons (Fsp3) is 0.250. The Kier molecular flexibility index (Phi) is 4.53. The number of thioether (sulfide) groups is 1. The average molecular weight is 345 g/mol. The number of aromatic nitrogens is 1. The van der Waals surface area contributed by atoms with Crippen molar-refractivity contribution in [2.45, 2.75) is 16.9 Å². The number of hydrogen-bond donors (Lipinski definition) is 1. The van der Waals surface area contributed by atoms with Crippen LogP contribution in [0.5, 0.6) is 5.75 Å². The van der Waals surface area contributed by atoms with Crippen LogP contribution >= 0.6 is 39.0 Å². The van der Waals surface area contributed by atoms with Gasteiger partial charge in [0.25, 0.3) is 0 Å². The van der Waals surface area contributed by atoms with Crippen molar-refractivity contribution in [3.05, 3.63) is 33.9 Å². The Morgan fingerprint density at radius 3 is 2.83 bits per heavy atom. The Bertz CT molecular complexity index is 557. The van der Waals surface area contributed by atoms with E-state index in [1.54, 1.807) is 18.9 Å². The van der Waals surface area contributed by atoms with Crippen LogP contribution in [0.15, 0.2) is 26.9 Å². The number of hydrogen-bond acceptors (Lipinski definition) is 5. The number of rotatable bonds is 4. The largest absolute Gasteiger partial charge is 0.496 e. The summed E-state index contributed by atoms with van der Waals surface area (Å²) in [5, 5.41) is 0.630. The molecule has 1 aromatic carbocycles. The number of methoxy groups -OCH3 is 1. The molecule has 0 spiro atoms. The highest BCUT2D eigenvalue weighted by molar-refractivity contribution is 9.10. The van der Waals surface area contributed by atoms with Crippen LogP contribution in [0.4, 0.5) is 5.13 Å². The Morgan fingerprint density at radius 1 is 1.50 bits per heavy atom. The number of benzene rings is 1. The highest BCUT2D eigenvalue weighted by Crippen LogP contribution is 2.34. The second-order valence-electron chi connectivity index (χ2n) is 3.68. The van der Waals surface area contributed by atoms with E-state index in [1.165, 1.54) is 21.1 Å². The maximum atomic E-state index is 5.68. The van der Waals surface area contributed by atoms with Gasteiger partial charge in [-0.05, 0) is 40.5 Å². The normalized spacial score (nSPS) is 10.6. The molecule has 0 saturated carbocycles. The molecule has 0 amide bonds. The summed E-state index contributed by atoms with van der Waals surface area (Å²) in [5.74, 6) is 1.74. The molecule has 1 heterocycles. The molecule has 2 N–H and O–H groups in total. The zero-order chi connectivity index (χ0) is 13.1. The van der Waals surface area contributed by atoms with E-state index in [1.807, 2.05) is 13.0 Å². The van der Waals surface area contributed by atoms with Gasteiger partial charge in [0.1, 0.15) is 5.75 Å². The minimum absolute atomic E-state index is 0.630. The zero-order valence-corrected chi connectivity index (χ0v) is 13.3. The summed E-state index contributed by atoms with van der Waals surface area (Å²) < 4.78 is 7.36. The fourth-order valence-electron chi connectivity index (χ4n) is 1.49. The van der Waals surface area contributed by atoms with Crippen molar-refractivity contribution in [1.82, 2.24) is 4.98 Å². The van der Waals surface area contributed by atoms with Gasteiger partial charge in [-0.2, -0.15) is 0 Å². The third-order valence-electron chi connectivity index (χ3n) is 2.36. The number of halogens is 1. The lowest BCUT2D eigenvalue weighted by Crippen LogP contribution is -1.86. The molecule has 1 aromatic heterocycles. The van der Waals surface area contributed by atoms with Gasteiger partial charge >= 0.3 is 0 Å². The van der Waals surface area contributed by atoms with E-state index >= 15 is 0 Å². The summed E-state index contributed by atoms with van der Waals surface area (Å²) in [6, 6.07) is 6.11. The van der Waals surface area contributed by atoms with Gasteiger partial charge in [0, 0.05) is 5.75 Å². The number of anilines is 1. The van der Waals surface area contributed by atoms with Gasteiger partial charge in [0.2, 0.25) is 0 Å². The van der Waals surface area contributed by atoms with Crippen molar-refractivity contribution >= 4 is 44.2 Å². The van der Waals surface area contributed by atoms with Crippen molar-refractivity contribution < 1.29 is 4.74 Å². The SMILES string of the molecule is COc1ccc(CSc2sc(N)nc2C)cc1Br. The standard InChI is InChI=1S/C12H13BrN2OS2/c1-7-11(18-12(14)15-7)17-6-8-3-4-10(16-2)9(13)5-8/h3-5H,6H2,1-2H3,(H2,14,15). The summed E-state index contributed by atoms with van der Waals surface area (Å²) >= 11 is 6.78. The van der Waals surface area contributed by atoms with Gasteiger partial charge in [0.15, 0.2) is 5.13 Å². The van der Waals surface area contributed by atoms with Crippen LogP contribution in [0.25, 0.3) is 0 Å². The molecule has 2 aromatic rings. The second-order valence-corrected chi connectivity index (χ2v) is 6.81. The lowest BCUT2D eigenvalue weighted by molar-refractivity contribution is 0.412. The molecule has 0 aliphatic heterocycles. The molecule has 3 nitrogen and oxygen atoms in total. The minimum atomic E-state index is 0.630. The van der Waals surface area contributed by atoms with Crippen LogP contribution in [0.3, 0.4) is 0 Å². The molecule has 0 bridgehead atoms. The predicted molar refractivity (Wildman–Crippen MR) is 81.5 cm³/mol. The first-order valence-corrected chi connectivity index (χ1v) is 7.87. The van der Waals surface area contributed by atoms with E-state index in [0.29, 0.717) is 5.13 Å². The topological polar surface area (TPSA) is 48.1 Å². The molecule has 0 fully saturated rings. The first kappa shape index (κ1) is 13.7. The number of ether oxygens (including phenoxy) is 1. The highest BCUT2D eigenvalue weighted by atomic mass is 79.9. The maximum absolute atomic E-state index is 5.68. The Hall–Kier alpha value is -0.720. The van der Waals surface area contributed by atoms with E-state index in [9.17, 15) is 0 Å². The molecule has 0 saturated heterocycles. The summed E-state index contributed by atoms with van der Waals surface area (Å²) in [6.07, 6.45) is 0. The van der Waals surface area contributed by atoms with E-state index in [4.69, 9.17) is 10.5 Å². The molecule has 0 atom stereocenters. The first-order chi connectivity index (χ1) is 8.60. The number of nitrogens with two attached hydrogens (primary N) is 1. The van der Waals surface area contributed by atoms with Crippen LogP contribution in [0, 0.1) is 6.92 Å². The smallest absolute Gasteiger partial charge is 0.181 e. The molecular formula is C12H13BrN2OS2. The van der Waals surface area contributed by atoms with Gasteiger partial charge < -0.3 is 10.5 Å². The van der Waals surface area contributed by atoms with E-state index < -0.39 is 0 Å². The lowest BCUT2D eigenvalue weighted by atomic mass is 10.2. The summed E-state index contributed by atoms with van der Waals surface area (Å²) in [5.41, 5.74) is 7.92. The van der Waals surface area contributed by atoms with Gasteiger partial charge in [-0.1, -0.05) is 17.4 Å². The van der Waals surface area contributed by atoms with Gasteiger partial charge in [-0.3, -0.25) is 0 Å². The Morgan fingerprint density at radius 2 is 2.28 bits per heavy atom. The molecule has 0 radical (unpaired) electrons. The molecule has 2 rings (SSSR count). The molecule has 6 heteroatoms. The fourth-order valence-corrected chi connectivity index (χ4v) is 4.04. The van der Waals surface area contributed by atoms with E-state index in [0.717, 1.165) is 21.7 Å². The van der Waals surface area contributed by atoms with E-state index in [2.05, 4.69) is 33.0 Å². The molecule has 96 valence electrons. The number of nitrogen functional groups attached to an aromatic ring is 1. The van der Waals surface area contributed by atoms with Crippen LogP contribution in [0.2, 0.25) is 0 Å². The van der Waals surface area contributed by atoms with Crippen molar-refractivity contribution in [3.8, 4) is 5.75 Å². The van der Waals surface area contributed by atoms with Crippen LogP contribution in [0.1, 0.15) is 11.3 Å². The zero-order valence-electron chi connectivity index (χ0n) is 10.1.